The quantitative estimate of drug-likeness (QED) is 0.574. The van der Waals surface area contributed by atoms with Crippen molar-refractivity contribution in [2.45, 2.75) is 25.8 Å². The maximum Gasteiger partial charge on any atom is 0.0795 e. The number of hydrogen-bond donors (Lipinski definition) is 1. The molecule has 1 heterocycles. The number of unbranched alkanes of at least 4 members (excludes halogenated alkanes) is 1. The number of thiazole rings is 1. The first-order chi connectivity index (χ1) is 6.34. The monoisotopic (exact) mass is 194 g/mol. The van der Waals surface area contributed by atoms with E-state index in [1.807, 2.05) is 5.51 Å². The first kappa shape index (κ1) is 10.2. The molecular weight excluding hydrogens is 180 g/mol. The Labute approximate surface area is 83.4 Å². The van der Waals surface area contributed by atoms with Crippen LogP contribution in [0.25, 0.3) is 0 Å². The molecule has 3 heteroatoms. The third kappa shape index (κ3) is 3.58. The Hall–Kier alpha value is -0.850. The van der Waals surface area contributed by atoms with Gasteiger partial charge in [0.2, 0.25) is 0 Å². The summed E-state index contributed by atoms with van der Waals surface area (Å²) in [5, 5.41) is 5.44. The summed E-state index contributed by atoms with van der Waals surface area (Å²) in [6.45, 7) is 3.08. The third-order valence-corrected chi connectivity index (χ3v) is 2.45. The van der Waals surface area contributed by atoms with Crippen molar-refractivity contribution in [2.24, 2.45) is 0 Å². The van der Waals surface area contributed by atoms with Crippen LogP contribution in [0.2, 0.25) is 0 Å². The number of aromatic nitrogens is 1. The molecule has 0 fully saturated rings. The first-order valence-corrected chi connectivity index (χ1v) is 5.34. The van der Waals surface area contributed by atoms with Gasteiger partial charge in [-0.25, -0.2) is 4.98 Å². The fourth-order valence-electron chi connectivity index (χ4n) is 1.05. The van der Waals surface area contributed by atoms with E-state index in [2.05, 4.69) is 28.5 Å². The van der Waals surface area contributed by atoms with Crippen LogP contribution in [0.15, 0.2) is 10.9 Å². The van der Waals surface area contributed by atoms with Crippen molar-refractivity contribution in [2.75, 3.05) is 6.54 Å². The van der Waals surface area contributed by atoms with Crippen molar-refractivity contribution in [3.63, 3.8) is 0 Å². The number of rotatable bonds is 5. The molecule has 0 bridgehead atoms. The molecule has 1 rings (SSSR count). The molecule has 1 aromatic heterocycles. The SMILES string of the molecule is C#CCCCNC(C)c1cscn1. The number of hydrogen-bond acceptors (Lipinski definition) is 3. The van der Waals surface area contributed by atoms with Gasteiger partial charge in [-0.15, -0.1) is 23.7 Å². The highest BCUT2D eigenvalue weighted by molar-refractivity contribution is 7.07. The van der Waals surface area contributed by atoms with Crippen molar-refractivity contribution in [3.8, 4) is 12.3 Å². The van der Waals surface area contributed by atoms with Gasteiger partial charge in [0.05, 0.1) is 11.2 Å². The summed E-state index contributed by atoms with van der Waals surface area (Å²) in [5.74, 6) is 2.62. The van der Waals surface area contributed by atoms with Crippen LogP contribution < -0.4 is 5.32 Å². The summed E-state index contributed by atoms with van der Waals surface area (Å²) in [7, 11) is 0. The summed E-state index contributed by atoms with van der Waals surface area (Å²) in [4.78, 5) is 4.23. The smallest absolute Gasteiger partial charge is 0.0795 e. The van der Waals surface area contributed by atoms with Gasteiger partial charge in [0.25, 0.3) is 0 Å². The molecule has 0 aliphatic rings. The zero-order valence-electron chi connectivity index (χ0n) is 7.79. The topological polar surface area (TPSA) is 24.9 Å². The summed E-state index contributed by atoms with van der Waals surface area (Å²) < 4.78 is 0. The van der Waals surface area contributed by atoms with Gasteiger partial charge < -0.3 is 5.32 Å². The highest BCUT2D eigenvalue weighted by Crippen LogP contribution is 2.11. The predicted octanol–water partition coefficient (Wildman–Crippen LogP) is 2.21. The fraction of sp³-hybridized carbons (Fsp3) is 0.500. The van der Waals surface area contributed by atoms with E-state index in [1.54, 1.807) is 11.3 Å². The second-order valence-electron chi connectivity index (χ2n) is 2.90. The lowest BCUT2D eigenvalue weighted by Crippen LogP contribution is -2.19. The lowest BCUT2D eigenvalue weighted by Gasteiger charge is -2.09. The Morgan fingerprint density at radius 3 is 3.23 bits per heavy atom. The molecule has 0 aliphatic heterocycles. The van der Waals surface area contributed by atoms with E-state index in [4.69, 9.17) is 6.42 Å². The highest BCUT2D eigenvalue weighted by atomic mass is 32.1. The molecule has 2 nitrogen and oxygen atoms in total. The highest BCUT2D eigenvalue weighted by Gasteiger charge is 2.04. The fourth-order valence-corrected chi connectivity index (χ4v) is 1.70. The maximum absolute atomic E-state index is 5.15. The second-order valence-corrected chi connectivity index (χ2v) is 3.62. The molecule has 13 heavy (non-hydrogen) atoms. The van der Waals surface area contributed by atoms with Gasteiger partial charge in [0, 0.05) is 17.8 Å². The number of terminal acetylenes is 1. The number of nitrogens with zero attached hydrogens (tertiary/aromatic N) is 1. The molecule has 1 atom stereocenters. The van der Waals surface area contributed by atoms with Gasteiger partial charge in [0.15, 0.2) is 0 Å². The van der Waals surface area contributed by atoms with E-state index < -0.39 is 0 Å². The van der Waals surface area contributed by atoms with Crippen LogP contribution >= 0.6 is 11.3 Å². The largest absolute Gasteiger partial charge is 0.309 e. The van der Waals surface area contributed by atoms with Crippen LogP contribution in [-0.4, -0.2) is 11.5 Å². The molecule has 0 saturated carbocycles. The molecule has 0 aromatic carbocycles. The molecule has 0 spiro atoms. The summed E-state index contributed by atoms with van der Waals surface area (Å²) >= 11 is 1.63. The zero-order chi connectivity index (χ0) is 9.52. The normalized spacial score (nSPS) is 12.3. The van der Waals surface area contributed by atoms with E-state index in [1.165, 1.54) is 0 Å². The lowest BCUT2D eigenvalue weighted by atomic mass is 10.2. The maximum atomic E-state index is 5.15. The van der Waals surface area contributed by atoms with Crippen LogP contribution in [-0.2, 0) is 0 Å². The van der Waals surface area contributed by atoms with E-state index in [9.17, 15) is 0 Å². The van der Waals surface area contributed by atoms with Gasteiger partial charge in [-0.1, -0.05) is 0 Å². The Bertz CT molecular complexity index is 261. The molecule has 1 unspecified atom stereocenters. The molecule has 0 radical (unpaired) electrons. The van der Waals surface area contributed by atoms with E-state index in [-0.39, 0.29) is 0 Å². The minimum Gasteiger partial charge on any atom is -0.309 e. The van der Waals surface area contributed by atoms with Crippen LogP contribution in [0.5, 0.6) is 0 Å². The minimum absolute atomic E-state index is 0.337. The standard InChI is InChI=1S/C10H14N2S/c1-3-4-5-6-11-9(2)10-7-13-8-12-10/h1,7-9,11H,4-6H2,2H3. The Morgan fingerprint density at radius 2 is 2.62 bits per heavy atom. The van der Waals surface area contributed by atoms with Crippen molar-refractivity contribution < 1.29 is 0 Å². The Morgan fingerprint density at radius 1 is 1.77 bits per heavy atom. The molecule has 0 aliphatic carbocycles. The van der Waals surface area contributed by atoms with Gasteiger partial charge in [-0.3, -0.25) is 0 Å². The van der Waals surface area contributed by atoms with Crippen LogP contribution in [0.3, 0.4) is 0 Å². The Kier molecular flexibility index (Phi) is 4.52. The van der Waals surface area contributed by atoms with E-state index in [0.29, 0.717) is 6.04 Å². The minimum atomic E-state index is 0.337. The average Bonchev–Trinajstić information content (AvgIpc) is 2.65. The van der Waals surface area contributed by atoms with Crippen LogP contribution in [0.1, 0.15) is 31.5 Å². The Balaban J connectivity index is 2.19. The molecule has 1 aromatic rings. The van der Waals surface area contributed by atoms with Crippen LogP contribution in [0.4, 0.5) is 0 Å². The second kappa shape index (κ2) is 5.74. The van der Waals surface area contributed by atoms with Crippen LogP contribution in [0, 0.1) is 12.3 Å². The van der Waals surface area contributed by atoms with Crippen molar-refractivity contribution in [3.05, 3.63) is 16.6 Å². The summed E-state index contributed by atoms with van der Waals surface area (Å²) in [6, 6.07) is 0.337. The summed E-state index contributed by atoms with van der Waals surface area (Å²) in [5.41, 5.74) is 2.97. The lowest BCUT2D eigenvalue weighted by molar-refractivity contribution is 0.553. The first-order valence-electron chi connectivity index (χ1n) is 4.39. The predicted molar refractivity (Wildman–Crippen MR) is 56.6 cm³/mol. The van der Waals surface area contributed by atoms with Gasteiger partial charge in [0.1, 0.15) is 0 Å². The van der Waals surface area contributed by atoms with E-state index >= 15 is 0 Å². The molecular formula is C10H14N2S. The van der Waals surface area contributed by atoms with Gasteiger partial charge >= 0.3 is 0 Å². The average molecular weight is 194 g/mol. The molecule has 0 amide bonds. The zero-order valence-corrected chi connectivity index (χ0v) is 8.60. The van der Waals surface area contributed by atoms with Crippen molar-refractivity contribution in [1.29, 1.82) is 0 Å². The third-order valence-electron chi connectivity index (χ3n) is 1.84. The summed E-state index contributed by atoms with van der Waals surface area (Å²) in [6.07, 6.45) is 7.03. The van der Waals surface area contributed by atoms with Crippen molar-refractivity contribution >= 4 is 11.3 Å². The molecule has 1 N–H and O–H groups in total. The van der Waals surface area contributed by atoms with Gasteiger partial charge in [-0.2, -0.15) is 0 Å². The van der Waals surface area contributed by atoms with E-state index in [0.717, 1.165) is 25.1 Å². The molecule has 0 saturated heterocycles. The van der Waals surface area contributed by atoms with Crippen molar-refractivity contribution in [1.82, 2.24) is 10.3 Å². The number of nitrogens with one attached hydrogen (secondary N) is 1. The molecule has 70 valence electrons. The van der Waals surface area contributed by atoms with Gasteiger partial charge in [-0.05, 0) is 19.9 Å².